The highest BCUT2D eigenvalue weighted by molar-refractivity contribution is 6.31. The fraction of sp³-hybridized carbons (Fsp3) is 0.571. The molecule has 1 aliphatic carbocycles. The van der Waals surface area contributed by atoms with Gasteiger partial charge in [0.2, 0.25) is 0 Å². The van der Waals surface area contributed by atoms with E-state index in [0.717, 1.165) is 5.56 Å². The Kier molecular flexibility index (Phi) is 4.36. The maximum absolute atomic E-state index is 9.55. The molecule has 0 aromatic heterocycles. The summed E-state index contributed by atoms with van der Waals surface area (Å²) in [6, 6.07) is 3.58. The number of aliphatic hydroxyl groups excluding tert-OH is 1. The van der Waals surface area contributed by atoms with Crippen molar-refractivity contribution < 1.29 is 14.6 Å². The Morgan fingerprint density at radius 3 is 2.72 bits per heavy atom. The molecule has 0 amide bonds. The molecular weight excluding hydrogens is 252 g/mol. The second-order valence-corrected chi connectivity index (χ2v) is 5.27. The van der Waals surface area contributed by atoms with Crippen LogP contribution < -0.4 is 9.47 Å². The smallest absolute Gasteiger partial charge is 0.165 e. The number of hydrogen-bond acceptors (Lipinski definition) is 3. The summed E-state index contributed by atoms with van der Waals surface area (Å²) in [5.41, 5.74) is 0.826. The monoisotopic (exact) mass is 270 g/mol. The Hall–Kier alpha value is -0.930. The highest BCUT2D eigenvalue weighted by Gasteiger charge is 2.24. The van der Waals surface area contributed by atoms with Gasteiger partial charge in [-0.1, -0.05) is 11.6 Å². The van der Waals surface area contributed by atoms with Gasteiger partial charge in [0.05, 0.1) is 19.8 Å². The van der Waals surface area contributed by atoms with Crippen molar-refractivity contribution in [2.24, 2.45) is 5.92 Å². The summed E-state index contributed by atoms with van der Waals surface area (Å²) in [5.74, 6) is 2.02. The molecule has 0 aliphatic heterocycles. The van der Waals surface area contributed by atoms with Crippen LogP contribution in [0.5, 0.6) is 11.5 Å². The van der Waals surface area contributed by atoms with E-state index in [-0.39, 0.29) is 0 Å². The average Bonchev–Trinajstić information content (AvgIpc) is 3.13. The number of ether oxygens (including phenoxy) is 2. The molecule has 0 bridgehead atoms. The molecule has 1 unspecified atom stereocenters. The largest absolute Gasteiger partial charge is 0.493 e. The fourth-order valence-electron chi connectivity index (χ4n) is 1.87. The Balaban J connectivity index is 2.26. The molecule has 1 aromatic carbocycles. The standard InChI is InChI=1S/C14H19ClO3/c1-9(16)7-11-12(15)5-6-13(17-2)14(11)18-8-10-3-4-10/h5-6,9-10,16H,3-4,7-8H2,1-2H3. The second kappa shape index (κ2) is 5.81. The highest BCUT2D eigenvalue weighted by Crippen LogP contribution is 2.38. The zero-order valence-corrected chi connectivity index (χ0v) is 11.5. The lowest BCUT2D eigenvalue weighted by atomic mass is 10.1. The minimum Gasteiger partial charge on any atom is -0.493 e. The van der Waals surface area contributed by atoms with E-state index in [4.69, 9.17) is 21.1 Å². The van der Waals surface area contributed by atoms with Gasteiger partial charge in [0.15, 0.2) is 11.5 Å². The zero-order chi connectivity index (χ0) is 13.1. The van der Waals surface area contributed by atoms with E-state index in [0.29, 0.717) is 35.5 Å². The molecule has 0 spiro atoms. The molecule has 0 radical (unpaired) electrons. The summed E-state index contributed by atoms with van der Waals surface area (Å²) < 4.78 is 11.2. The van der Waals surface area contributed by atoms with Gasteiger partial charge in [-0.05, 0) is 37.8 Å². The SMILES string of the molecule is COc1ccc(Cl)c(CC(C)O)c1OCC1CC1. The molecule has 1 aliphatic rings. The zero-order valence-electron chi connectivity index (χ0n) is 10.8. The van der Waals surface area contributed by atoms with Crippen LogP contribution >= 0.6 is 11.6 Å². The topological polar surface area (TPSA) is 38.7 Å². The predicted octanol–water partition coefficient (Wildman–Crippen LogP) is 3.06. The van der Waals surface area contributed by atoms with Crippen LogP contribution in [0.3, 0.4) is 0 Å². The second-order valence-electron chi connectivity index (χ2n) is 4.86. The summed E-state index contributed by atoms with van der Waals surface area (Å²) >= 11 is 6.19. The van der Waals surface area contributed by atoms with Crippen LogP contribution in [0.15, 0.2) is 12.1 Å². The Bertz CT molecular complexity index is 414. The molecule has 1 saturated carbocycles. The maximum atomic E-state index is 9.55. The van der Waals surface area contributed by atoms with E-state index in [1.165, 1.54) is 12.8 Å². The molecule has 2 rings (SSSR count). The summed E-state index contributed by atoms with van der Waals surface area (Å²) in [6.07, 6.45) is 2.47. The molecular formula is C14H19ClO3. The van der Waals surface area contributed by atoms with Gasteiger partial charge in [0.25, 0.3) is 0 Å². The Morgan fingerprint density at radius 1 is 1.44 bits per heavy atom. The van der Waals surface area contributed by atoms with Crippen LogP contribution in [0.2, 0.25) is 5.02 Å². The number of benzene rings is 1. The summed E-state index contributed by atoms with van der Waals surface area (Å²) in [6.45, 7) is 2.43. The fourth-order valence-corrected chi connectivity index (χ4v) is 2.10. The number of hydrogen-bond donors (Lipinski definition) is 1. The van der Waals surface area contributed by atoms with Crippen LogP contribution in [-0.4, -0.2) is 24.9 Å². The quantitative estimate of drug-likeness (QED) is 0.863. The maximum Gasteiger partial charge on any atom is 0.165 e. The van der Waals surface area contributed by atoms with Crippen molar-refractivity contribution in [2.75, 3.05) is 13.7 Å². The van der Waals surface area contributed by atoms with Gasteiger partial charge >= 0.3 is 0 Å². The van der Waals surface area contributed by atoms with Crippen LogP contribution in [-0.2, 0) is 6.42 Å². The van der Waals surface area contributed by atoms with Gasteiger partial charge in [-0.2, -0.15) is 0 Å². The van der Waals surface area contributed by atoms with Gasteiger partial charge in [-0.3, -0.25) is 0 Å². The third-order valence-electron chi connectivity index (χ3n) is 3.05. The number of halogens is 1. The lowest BCUT2D eigenvalue weighted by Crippen LogP contribution is -2.09. The number of methoxy groups -OCH3 is 1. The summed E-state index contributed by atoms with van der Waals surface area (Å²) in [4.78, 5) is 0. The van der Waals surface area contributed by atoms with Crippen molar-refractivity contribution in [3.63, 3.8) is 0 Å². The lowest BCUT2D eigenvalue weighted by Gasteiger charge is -2.17. The first kappa shape index (κ1) is 13.5. The van der Waals surface area contributed by atoms with Gasteiger partial charge in [0.1, 0.15) is 0 Å². The summed E-state index contributed by atoms with van der Waals surface area (Å²) in [5, 5.41) is 10.2. The van der Waals surface area contributed by atoms with Crippen LogP contribution in [0.4, 0.5) is 0 Å². The Labute approximate surface area is 113 Å². The van der Waals surface area contributed by atoms with Crippen LogP contribution in [0.1, 0.15) is 25.3 Å². The van der Waals surface area contributed by atoms with Crippen LogP contribution in [0.25, 0.3) is 0 Å². The molecule has 0 heterocycles. The molecule has 1 atom stereocenters. The normalized spacial score (nSPS) is 16.4. The van der Waals surface area contributed by atoms with Crippen molar-refractivity contribution in [3.8, 4) is 11.5 Å². The first-order valence-corrected chi connectivity index (χ1v) is 6.65. The highest BCUT2D eigenvalue weighted by atomic mass is 35.5. The van der Waals surface area contributed by atoms with Gasteiger partial charge in [-0.15, -0.1) is 0 Å². The van der Waals surface area contributed by atoms with Crippen molar-refractivity contribution in [1.82, 2.24) is 0 Å². The molecule has 3 nitrogen and oxygen atoms in total. The first-order chi connectivity index (χ1) is 8.61. The van der Waals surface area contributed by atoms with E-state index in [1.54, 1.807) is 26.2 Å². The molecule has 1 N–H and O–H groups in total. The third kappa shape index (κ3) is 3.30. The van der Waals surface area contributed by atoms with E-state index < -0.39 is 6.10 Å². The van der Waals surface area contributed by atoms with Gasteiger partial charge in [-0.25, -0.2) is 0 Å². The molecule has 1 aromatic rings. The van der Waals surface area contributed by atoms with E-state index in [1.807, 2.05) is 0 Å². The van der Waals surface area contributed by atoms with Crippen LogP contribution in [0, 0.1) is 5.92 Å². The minimum absolute atomic E-state index is 0.460. The molecule has 4 heteroatoms. The molecule has 0 saturated heterocycles. The lowest BCUT2D eigenvalue weighted by molar-refractivity contribution is 0.192. The van der Waals surface area contributed by atoms with E-state index in [2.05, 4.69) is 0 Å². The average molecular weight is 271 g/mol. The van der Waals surface area contributed by atoms with Crippen molar-refractivity contribution in [1.29, 1.82) is 0 Å². The van der Waals surface area contributed by atoms with Crippen molar-refractivity contribution in [2.45, 2.75) is 32.3 Å². The predicted molar refractivity (Wildman–Crippen MR) is 71.6 cm³/mol. The van der Waals surface area contributed by atoms with E-state index in [9.17, 15) is 5.11 Å². The molecule has 1 fully saturated rings. The number of rotatable bonds is 6. The van der Waals surface area contributed by atoms with Gasteiger partial charge < -0.3 is 14.6 Å². The van der Waals surface area contributed by atoms with Crippen molar-refractivity contribution in [3.05, 3.63) is 22.7 Å². The summed E-state index contributed by atoms with van der Waals surface area (Å²) in [7, 11) is 1.61. The number of aliphatic hydroxyl groups is 1. The Morgan fingerprint density at radius 2 is 2.17 bits per heavy atom. The first-order valence-electron chi connectivity index (χ1n) is 6.28. The van der Waals surface area contributed by atoms with Gasteiger partial charge in [0, 0.05) is 17.0 Å². The third-order valence-corrected chi connectivity index (χ3v) is 3.40. The van der Waals surface area contributed by atoms with E-state index >= 15 is 0 Å². The minimum atomic E-state index is -0.460. The molecule has 100 valence electrons. The molecule has 18 heavy (non-hydrogen) atoms. The van der Waals surface area contributed by atoms with Crippen molar-refractivity contribution >= 4 is 11.6 Å².